The molecule has 1 aliphatic heterocycles. The molecule has 1 aliphatic carbocycles. The van der Waals surface area contributed by atoms with Crippen LogP contribution < -0.4 is 4.74 Å². The summed E-state index contributed by atoms with van der Waals surface area (Å²) in [5.41, 5.74) is 3.39. The van der Waals surface area contributed by atoms with Crippen LogP contribution in [-0.4, -0.2) is 36.2 Å². The molecule has 1 amide bonds. The van der Waals surface area contributed by atoms with Crippen molar-refractivity contribution in [2.45, 2.75) is 44.4 Å². The summed E-state index contributed by atoms with van der Waals surface area (Å²) in [5.74, 6) is 0.564. The van der Waals surface area contributed by atoms with E-state index in [9.17, 15) is 9.18 Å². The van der Waals surface area contributed by atoms with Gasteiger partial charge in [0.05, 0.1) is 6.10 Å². The van der Waals surface area contributed by atoms with E-state index in [2.05, 4.69) is 0 Å². The first-order valence-electron chi connectivity index (χ1n) is 11.7. The van der Waals surface area contributed by atoms with Crippen LogP contribution in [0.4, 0.5) is 4.39 Å². The van der Waals surface area contributed by atoms with Gasteiger partial charge in [-0.1, -0.05) is 36.4 Å². The van der Waals surface area contributed by atoms with Crippen molar-refractivity contribution in [1.29, 1.82) is 0 Å². The zero-order chi connectivity index (χ0) is 22.6. The van der Waals surface area contributed by atoms with E-state index in [0.29, 0.717) is 18.7 Å². The Hall–Kier alpha value is -3.18. The van der Waals surface area contributed by atoms with Crippen molar-refractivity contribution in [3.63, 3.8) is 0 Å². The summed E-state index contributed by atoms with van der Waals surface area (Å²) in [6.45, 7) is 1.93. The Morgan fingerprint density at radius 1 is 0.970 bits per heavy atom. The number of halogens is 1. The number of benzene rings is 3. The molecule has 5 heteroatoms. The summed E-state index contributed by atoms with van der Waals surface area (Å²) < 4.78 is 25.1. The molecule has 1 saturated carbocycles. The first-order chi connectivity index (χ1) is 16.2. The smallest absolute Gasteiger partial charge is 0.254 e. The van der Waals surface area contributed by atoms with Gasteiger partial charge >= 0.3 is 0 Å². The molecule has 170 valence electrons. The molecule has 2 fully saturated rings. The highest BCUT2D eigenvalue weighted by atomic mass is 19.1. The van der Waals surface area contributed by atoms with Gasteiger partial charge in [-0.3, -0.25) is 4.79 Å². The van der Waals surface area contributed by atoms with Crippen molar-refractivity contribution in [2.75, 3.05) is 13.2 Å². The van der Waals surface area contributed by atoms with Gasteiger partial charge in [-0.25, -0.2) is 4.39 Å². The number of carbonyl (C=O) groups is 1. The molecule has 1 atom stereocenters. The Bertz CT molecular complexity index is 1100. The maximum absolute atomic E-state index is 13.5. The standard InChI is InChI=1S/C28H28FNO3/c29-24-6-2-5-23(17-24)21-9-11-22(12-10-21)28(31)30(25-13-14-25)18-20-4-1-7-26(16-20)33-19-27-8-3-15-32-27/h1-2,4-7,9-12,16-17,25,27H,3,8,13-15,18-19H2/t27-/m1/s1. The van der Waals surface area contributed by atoms with Crippen LogP contribution in [-0.2, 0) is 11.3 Å². The van der Waals surface area contributed by atoms with Crippen LogP contribution >= 0.6 is 0 Å². The van der Waals surface area contributed by atoms with Crippen LogP contribution in [0.15, 0.2) is 72.8 Å². The van der Waals surface area contributed by atoms with E-state index in [0.717, 1.165) is 54.7 Å². The van der Waals surface area contributed by atoms with Gasteiger partial charge in [-0.2, -0.15) is 0 Å². The van der Waals surface area contributed by atoms with Gasteiger partial charge < -0.3 is 14.4 Å². The molecule has 0 bridgehead atoms. The Morgan fingerprint density at radius 2 is 1.79 bits per heavy atom. The Balaban J connectivity index is 1.27. The van der Waals surface area contributed by atoms with Crippen LogP contribution in [0.5, 0.6) is 5.75 Å². The molecule has 0 radical (unpaired) electrons. The summed E-state index contributed by atoms with van der Waals surface area (Å²) in [5, 5.41) is 0. The minimum absolute atomic E-state index is 0.0222. The molecule has 0 spiro atoms. The predicted molar refractivity (Wildman–Crippen MR) is 126 cm³/mol. The second kappa shape index (κ2) is 9.75. The molecule has 33 heavy (non-hydrogen) atoms. The molecule has 0 unspecified atom stereocenters. The van der Waals surface area contributed by atoms with Crippen LogP contribution in [0, 0.1) is 5.82 Å². The van der Waals surface area contributed by atoms with Crippen LogP contribution in [0.1, 0.15) is 41.6 Å². The zero-order valence-electron chi connectivity index (χ0n) is 18.6. The Kier molecular flexibility index (Phi) is 6.40. The van der Waals surface area contributed by atoms with E-state index in [1.54, 1.807) is 6.07 Å². The normalized spacial score (nSPS) is 17.7. The van der Waals surface area contributed by atoms with Crippen molar-refractivity contribution in [3.05, 3.63) is 89.7 Å². The number of amides is 1. The van der Waals surface area contributed by atoms with E-state index in [1.807, 2.05) is 59.5 Å². The molecule has 2 aliphatic rings. The third kappa shape index (κ3) is 5.42. The highest BCUT2D eigenvalue weighted by molar-refractivity contribution is 5.95. The number of ether oxygens (including phenoxy) is 2. The number of hydrogen-bond donors (Lipinski definition) is 0. The molecule has 1 heterocycles. The summed E-state index contributed by atoms with van der Waals surface area (Å²) in [6, 6.07) is 22.2. The average molecular weight is 446 g/mol. The molecule has 5 rings (SSSR count). The maximum atomic E-state index is 13.5. The van der Waals surface area contributed by atoms with Gasteiger partial charge in [0.1, 0.15) is 18.2 Å². The Labute approximate surface area is 193 Å². The fourth-order valence-corrected chi connectivity index (χ4v) is 4.29. The van der Waals surface area contributed by atoms with E-state index in [1.165, 1.54) is 12.1 Å². The number of rotatable bonds is 8. The van der Waals surface area contributed by atoms with E-state index < -0.39 is 0 Å². The summed E-state index contributed by atoms with van der Waals surface area (Å²) in [4.78, 5) is 15.3. The minimum Gasteiger partial charge on any atom is -0.491 e. The molecule has 1 saturated heterocycles. The van der Waals surface area contributed by atoms with Gasteiger partial charge in [-0.15, -0.1) is 0 Å². The minimum atomic E-state index is -0.269. The third-order valence-electron chi connectivity index (χ3n) is 6.25. The van der Waals surface area contributed by atoms with Crippen molar-refractivity contribution in [3.8, 4) is 16.9 Å². The van der Waals surface area contributed by atoms with Gasteiger partial charge in [0.2, 0.25) is 0 Å². The van der Waals surface area contributed by atoms with Crippen molar-refractivity contribution >= 4 is 5.91 Å². The second-order valence-electron chi connectivity index (χ2n) is 8.85. The monoisotopic (exact) mass is 445 g/mol. The lowest BCUT2D eigenvalue weighted by Crippen LogP contribution is -2.32. The quantitative estimate of drug-likeness (QED) is 0.436. The topological polar surface area (TPSA) is 38.8 Å². The number of carbonyl (C=O) groups excluding carboxylic acids is 1. The van der Waals surface area contributed by atoms with Gasteiger partial charge in [0.25, 0.3) is 5.91 Å². The first kappa shape index (κ1) is 21.7. The van der Waals surface area contributed by atoms with Crippen molar-refractivity contribution in [1.82, 2.24) is 4.90 Å². The molecular formula is C28H28FNO3. The highest BCUT2D eigenvalue weighted by Crippen LogP contribution is 2.31. The predicted octanol–water partition coefficient (Wildman–Crippen LogP) is 5.86. The lowest BCUT2D eigenvalue weighted by atomic mass is 10.0. The van der Waals surface area contributed by atoms with Crippen LogP contribution in [0.25, 0.3) is 11.1 Å². The molecular weight excluding hydrogens is 417 g/mol. The fraction of sp³-hybridized carbons (Fsp3) is 0.321. The van der Waals surface area contributed by atoms with Crippen molar-refractivity contribution < 1.29 is 18.7 Å². The first-order valence-corrected chi connectivity index (χ1v) is 11.7. The molecule has 3 aromatic carbocycles. The molecule has 4 nitrogen and oxygen atoms in total. The molecule has 3 aromatic rings. The SMILES string of the molecule is O=C(c1ccc(-c2cccc(F)c2)cc1)N(Cc1cccc(OC[C@H]2CCCO2)c1)C1CC1. The van der Waals surface area contributed by atoms with Gasteiger partial charge in [0.15, 0.2) is 0 Å². The summed E-state index contributed by atoms with van der Waals surface area (Å²) >= 11 is 0. The third-order valence-corrected chi connectivity index (χ3v) is 6.25. The Morgan fingerprint density at radius 3 is 2.52 bits per heavy atom. The fourth-order valence-electron chi connectivity index (χ4n) is 4.29. The lowest BCUT2D eigenvalue weighted by molar-refractivity contribution is 0.0678. The highest BCUT2D eigenvalue weighted by Gasteiger charge is 2.33. The van der Waals surface area contributed by atoms with Crippen molar-refractivity contribution in [2.24, 2.45) is 0 Å². The largest absolute Gasteiger partial charge is 0.491 e. The number of hydrogen-bond acceptors (Lipinski definition) is 3. The van der Waals surface area contributed by atoms with Gasteiger partial charge in [0, 0.05) is 24.8 Å². The van der Waals surface area contributed by atoms with E-state index in [-0.39, 0.29) is 23.9 Å². The number of nitrogens with zero attached hydrogens (tertiary/aromatic N) is 1. The average Bonchev–Trinajstić information content (AvgIpc) is 3.55. The molecule has 0 aromatic heterocycles. The molecule has 0 N–H and O–H groups in total. The van der Waals surface area contributed by atoms with Gasteiger partial charge in [-0.05, 0) is 78.8 Å². The van der Waals surface area contributed by atoms with E-state index >= 15 is 0 Å². The van der Waals surface area contributed by atoms with E-state index in [4.69, 9.17) is 9.47 Å². The zero-order valence-corrected chi connectivity index (χ0v) is 18.6. The van der Waals surface area contributed by atoms with Crippen LogP contribution in [0.3, 0.4) is 0 Å². The lowest BCUT2D eigenvalue weighted by Gasteiger charge is -2.23. The van der Waals surface area contributed by atoms with Crippen LogP contribution in [0.2, 0.25) is 0 Å². The summed E-state index contributed by atoms with van der Waals surface area (Å²) in [7, 11) is 0. The summed E-state index contributed by atoms with van der Waals surface area (Å²) in [6.07, 6.45) is 4.37. The maximum Gasteiger partial charge on any atom is 0.254 e. The second-order valence-corrected chi connectivity index (χ2v) is 8.85.